The van der Waals surface area contributed by atoms with Gasteiger partial charge in [0.25, 0.3) is 0 Å². The molecule has 1 radical (unpaired) electrons. The molecule has 0 fully saturated rings. The molecule has 0 unspecified atom stereocenters. The van der Waals surface area contributed by atoms with Gasteiger partial charge < -0.3 is 76.1 Å². The second-order valence-corrected chi connectivity index (χ2v) is 10.7. The van der Waals surface area contributed by atoms with Crippen molar-refractivity contribution in [2.75, 3.05) is 41.0 Å². The first-order chi connectivity index (χ1) is 27.0. The van der Waals surface area contributed by atoms with E-state index in [0.29, 0.717) is 34.0 Å². The van der Waals surface area contributed by atoms with E-state index in [4.69, 9.17) is 60.2 Å². The Labute approximate surface area is 369 Å². The molecular weight excluding hydrogens is 901 g/mol. The molecule has 0 aromatic carbocycles. The van der Waals surface area contributed by atoms with E-state index in [1.54, 1.807) is 76.4 Å². The van der Waals surface area contributed by atoms with Crippen LogP contribution in [0.25, 0.3) is 0 Å². The molecular formula is C36H51N6NdO15. The number of ether oxygens (including phenoxy) is 3. The fraction of sp³-hybridized carbons (Fsp3) is 0.417. The van der Waals surface area contributed by atoms with Gasteiger partial charge in [-0.3, -0.25) is 14.4 Å². The van der Waals surface area contributed by atoms with Gasteiger partial charge in [0.05, 0.1) is 36.6 Å². The first kappa shape index (κ1) is 59.1. The maximum absolute atomic E-state index is 11.5. The molecule has 0 bridgehead atoms. The molecule has 0 amide bonds. The number of carbonyl (C=O) groups is 3. The molecule has 0 aliphatic heterocycles. The summed E-state index contributed by atoms with van der Waals surface area (Å²) in [5, 5.41) is 53.6. The molecule has 3 aliphatic rings. The SMILES string of the molecule is CCCCN/C=C1/C=CC(OC)=CC1=O.CCCCN/C=C1/C=CC(OC)=CC1=O.CCCCN/C=C1/C=CC(OC)=CC1=O.O=[N+]([O-])[O-].O=[N+]([O-])[O-].O=[N+]([O-])[O-].[Nd+3]. The summed E-state index contributed by atoms with van der Waals surface area (Å²) in [5.41, 5.74) is 2.02. The van der Waals surface area contributed by atoms with E-state index in [9.17, 15) is 14.4 Å². The Morgan fingerprint density at radius 3 is 0.845 bits per heavy atom. The third-order valence-electron chi connectivity index (χ3n) is 6.46. The van der Waals surface area contributed by atoms with Gasteiger partial charge in [-0.15, -0.1) is 0 Å². The summed E-state index contributed by atoms with van der Waals surface area (Å²) in [4.78, 5) is 59.3. The van der Waals surface area contributed by atoms with E-state index in [2.05, 4.69) is 36.7 Å². The molecule has 0 spiro atoms. The van der Waals surface area contributed by atoms with Crippen LogP contribution in [0, 0.1) is 86.8 Å². The summed E-state index contributed by atoms with van der Waals surface area (Å²) < 4.78 is 14.9. The van der Waals surface area contributed by atoms with Gasteiger partial charge in [0.1, 0.15) is 17.3 Å². The van der Waals surface area contributed by atoms with Crippen molar-refractivity contribution in [2.24, 2.45) is 0 Å². The van der Waals surface area contributed by atoms with Crippen molar-refractivity contribution in [3.8, 4) is 0 Å². The number of ketones is 3. The summed E-state index contributed by atoms with van der Waals surface area (Å²) in [6.07, 6.45) is 27.2. The summed E-state index contributed by atoms with van der Waals surface area (Å²) in [6, 6.07) is 0. The van der Waals surface area contributed by atoms with Crippen LogP contribution in [0.2, 0.25) is 0 Å². The van der Waals surface area contributed by atoms with Crippen LogP contribution in [-0.4, -0.2) is 73.6 Å². The smallest absolute Gasteiger partial charge is 0.497 e. The molecule has 58 heavy (non-hydrogen) atoms. The maximum Gasteiger partial charge on any atom is 3.00 e. The fourth-order valence-electron chi connectivity index (χ4n) is 3.67. The quantitative estimate of drug-likeness (QED) is 0.0835. The summed E-state index contributed by atoms with van der Waals surface area (Å²) in [6.45, 7) is 9.11. The molecule has 0 saturated carbocycles. The van der Waals surface area contributed by atoms with Crippen LogP contribution < -0.4 is 16.0 Å². The van der Waals surface area contributed by atoms with Crippen LogP contribution in [0.15, 0.2) is 107 Å². The van der Waals surface area contributed by atoms with Crippen molar-refractivity contribution in [3.05, 3.63) is 153 Å². The zero-order chi connectivity index (χ0) is 44.0. The van der Waals surface area contributed by atoms with Gasteiger partial charge in [-0.05, 0) is 55.7 Å². The van der Waals surface area contributed by atoms with Gasteiger partial charge in [-0.1, -0.05) is 40.0 Å². The zero-order valence-electron chi connectivity index (χ0n) is 33.3. The van der Waals surface area contributed by atoms with E-state index in [-0.39, 0.29) is 58.2 Å². The Kier molecular flexibility index (Phi) is 40.4. The van der Waals surface area contributed by atoms with Gasteiger partial charge in [0.2, 0.25) is 0 Å². The first-order valence-electron chi connectivity index (χ1n) is 17.2. The number of nitrogens with zero attached hydrogens (tertiary/aromatic N) is 3. The molecule has 22 heteroatoms. The maximum atomic E-state index is 11.5. The molecule has 0 aromatic rings. The summed E-state index contributed by atoms with van der Waals surface area (Å²) >= 11 is 0. The molecule has 0 aromatic heterocycles. The minimum Gasteiger partial charge on any atom is -0.497 e. The standard InChI is InChI=1S/3C12H17NO2.3NO3.Nd/c3*1-3-4-7-13-9-10-5-6-11(15-2)8-12(10)14;3*2-1(3)4;/h3*5-6,8-9,13H,3-4,7H2,1-2H3;;;;/q;;;3*-1;+3/b3*10-9-;;;;. The topological polar surface area (TPSA) is 314 Å². The van der Waals surface area contributed by atoms with Crippen LogP contribution >= 0.6 is 0 Å². The fourth-order valence-corrected chi connectivity index (χ4v) is 3.67. The van der Waals surface area contributed by atoms with Crippen LogP contribution in [0.3, 0.4) is 0 Å². The first-order valence-corrected chi connectivity index (χ1v) is 17.2. The number of methoxy groups -OCH3 is 3. The van der Waals surface area contributed by atoms with E-state index >= 15 is 0 Å². The number of rotatable bonds is 15. The van der Waals surface area contributed by atoms with Crippen LogP contribution in [0.5, 0.6) is 0 Å². The zero-order valence-corrected chi connectivity index (χ0v) is 36.5. The molecule has 0 atom stereocenters. The van der Waals surface area contributed by atoms with E-state index < -0.39 is 15.3 Å². The van der Waals surface area contributed by atoms with Crippen molar-refractivity contribution in [2.45, 2.75) is 59.3 Å². The Balaban J connectivity index is -0.000000328. The minimum absolute atomic E-state index is 0. The monoisotopic (exact) mass is 949 g/mol. The van der Waals surface area contributed by atoms with E-state index in [1.165, 1.54) is 18.2 Å². The number of nitrogens with one attached hydrogen (secondary N) is 3. The largest absolute Gasteiger partial charge is 3.00 e. The predicted octanol–water partition coefficient (Wildman–Crippen LogP) is 5.07. The number of unbranched alkanes of at least 4 members (excludes halogenated alkanes) is 3. The molecule has 3 rings (SSSR count). The normalized spacial score (nSPS) is 15.1. The molecule has 21 nitrogen and oxygen atoms in total. The van der Waals surface area contributed by atoms with Gasteiger partial charge in [0.15, 0.2) is 17.3 Å². The van der Waals surface area contributed by atoms with Gasteiger partial charge in [-0.25, -0.2) is 0 Å². The number of hydrogen-bond acceptors (Lipinski definition) is 18. The number of carbonyl (C=O) groups excluding carboxylic acids is 3. The molecule has 319 valence electrons. The van der Waals surface area contributed by atoms with Crippen molar-refractivity contribution in [3.63, 3.8) is 0 Å². The van der Waals surface area contributed by atoms with Crippen molar-refractivity contribution < 1.29 is 84.7 Å². The summed E-state index contributed by atoms with van der Waals surface area (Å²) in [5.74, 6) is 1.76. The van der Waals surface area contributed by atoms with Crippen molar-refractivity contribution in [1.82, 2.24) is 16.0 Å². The van der Waals surface area contributed by atoms with E-state index in [0.717, 1.165) is 58.2 Å². The molecule has 0 saturated heterocycles. The average Bonchev–Trinajstić information content (AvgIpc) is 3.15. The Hall–Kier alpha value is -5.58. The Morgan fingerprint density at radius 2 is 0.690 bits per heavy atom. The third kappa shape index (κ3) is 37.3. The van der Waals surface area contributed by atoms with E-state index in [1.807, 2.05) is 0 Å². The number of hydrogen-bond donors (Lipinski definition) is 3. The van der Waals surface area contributed by atoms with Crippen LogP contribution in [0.4, 0.5) is 0 Å². The van der Waals surface area contributed by atoms with Crippen molar-refractivity contribution >= 4 is 17.3 Å². The Bertz CT molecular complexity index is 1370. The third-order valence-corrected chi connectivity index (χ3v) is 6.46. The molecule has 3 aliphatic carbocycles. The second-order valence-electron chi connectivity index (χ2n) is 10.7. The molecule has 0 heterocycles. The second kappa shape index (κ2) is 39.6. The van der Waals surface area contributed by atoms with Crippen LogP contribution in [-0.2, 0) is 28.6 Å². The van der Waals surface area contributed by atoms with Gasteiger partial charge in [-0.2, -0.15) is 0 Å². The summed E-state index contributed by atoms with van der Waals surface area (Å²) in [7, 11) is 4.66. The van der Waals surface area contributed by atoms with Gasteiger partial charge in [0, 0.05) is 73.2 Å². The molecule has 3 N–H and O–H groups in total. The average molecular weight is 952 g/mol. The minimum atomic E-state index is -1.75. The van der Waals surface area contributed by atoms with Gasteiger partial charge >= 0.3 is 40.8 Å². The Morgan fingerprint density at radius 1 is 0.483 bits per heavy atom. The number of allylic oxidation sites excluding steroid dienone is 12. The van der Waals surface area contributed by atoms with Crippen LogP contribution in [0.1, 0.15) is 59.3 Å². The predicted molar refractivity (Wildman–Crippen MR) is 212 cm³/mol. The van der Waals surface area contributed by atoms with Crippen molar-refractivity contribution in [1.29, 1.82) is 0 Å².